The maximum Gasteiger partial charge on any atom is 0.183 e. The maximum atomic E-state index is 6.64. The lowest BCUT2D eigenvalue weighted by Crippen LogP contribution is -2.63. The van der Waals surface area contributed by atoms with Crippen molar-refractivity contribution in [2.24, 2.45) is 0 Å². The zero-order valence-corrected chi connectivity index (χ0v) is 15.9. The van der Waals surface area contributed by atoms with E-state index in [1.165, 1.54) is 0 Å². The van der Waals surface area contributed by atoms with E-state index >= 15 is 0 Å². The number of piperidine rings is 1. The Labute approximate surface area is 163 Å². The Morgan fingerprint density at radius 3 is 2.74 bits per heavy atom. The quantitative estimate of drug-likeness (QED) is 0.827. The Kier molecular flexibility index (Phi) is 4.04. The smallest absolute Gasteiger partial charge is 0.183 e. The van der Waals surface area contributed by atoms with Crippen molar-refractivity contribution in [1.82, 2.24) is 15.8 Å². The molecule has 1 spiro atoms. The molecule has 2 aromatic carbocycles. The second kappa shape index (κ2) is 6.44. The van der Waals surface area contributed by atoms with Crippen LogP contribution in [-0.4, -0.2) is 30.9 Å². The monoisotopic (exact) mass is 383 g/mol. The minimum Gasteiger partial charge on any atom is -0.493 e. The van der Waals surface area contributed by atoms with Crippen LogP contribution in [0.15, 0.2) is 48.5 Å². The fraction of sp³-hybridized carbons (Fsp3) is 0.333. The summed E-state index contributed by atoms with van der Waals surface area (Å²) in [5.74, 6) is 1.63. The van der Waals surface area contributed by atoms with Crippen LogP contribution < -0.4 is 20.2 Å². The van der Waals surface area contributed by atoms with Gasteiger partial charge in [0.15, 0.2) is 17.2 Å². The SMILES string of the molecule is COc1cccc2c1OC1(CCNCC1)N1NC(c3ccccc3Cl)=C[C@@H]21. The fourth-order valence-corrected chi connectivity index (χ4v) is 4.56. The van der Waals surface area contributed by atoms with Gasteiger partial charge in [0.05, 0.1) is 18.8 Å². The summed E-state index contributed by atoms with van der Waals surface area (Å²) in [6.45, 7) is 1.83. The highest BCUT2D eigenvalue weighted by molar-refractivity contribution is 6.32. The van der Waals surface area contributed by atoms with Gasteiger partial charge in [-0.15, -0.1) is 0 Å². The van der Waals surface area contributed by atoms with E-state index in [9.17, 15) is 0 Å². The van der Waals surface area contributed by atoms with Crippen molar-refractivity contribution in [3.05, 3.63) is 64.7 Å². The predicted molar refractivity (Wildman–Crippen MR) is 106 cm³/mol. The third-order valence-electron chi connectivity index (χ3n) is 5.67. The molecule has 3 heterocycles. The van der Waals surface area contributed by atoms with Crippen LogP contribution in [0.25, 0.3) is 5.70 Å². The summed E-state index contributed by atoms with van der Waals surface area (Å²) >= 11 is 6.47. The van der Waals surface area contributed by atoms with Crippen molar-refractivity contribution < 1.29 is 9.47 Å². The average molecular weight is 384 g/mol. The molecule has 0 amide bonds. The van der Waals surface area contributed by atoms with Crippen molar-refractivity contribution in [1.29, 1.82) is 0 Å². The first kappa shape index (κ1) is 16.9. The number of hydrogen-bond acceptors (Lipinski definition) is 5. The number of methoxy groups -OCH3 is 1. The first-order valence-electron chi connectivity index (χ1n) is 9.31. The number of fused-ring (bicyclic) bond motifs is 4. The lowest BCUT2D eigenvalue weighted by molar-refractivity contribution is -0.147. The maximum absolute atomic E-state index is 6.64. The molecule has 3 aliphatic rings. The van der Waals surface area contributed by atoms with Crippen molar-refractivity contribution in [2.45, 2.75) is 24.6 Å². The normalized spacial score (nSPS) is 23.0. The number of rotatable bonds is 2. The summed E-state index contributed by atoms with van der Waals surface area (Å²) in [6, 6.07) is 14.1. The van der Waals surface area contributed by atoms with Crippen LogP contribution in [0.1, 0.15) is 30.0 Å². The molecule has 1 atom stereocenters. The van der Waals surface area contributed by atoms with Crippen LogP contribution in [-0.2, 0) is 0 Å². The molecule has 2 aromatic rings. The van der Waals surface area contributed by atoms with E-state index < -0.39 is 5.72 Å². The molecule has 5 nitrogen and oxygen atoms in total. The average Bonchev–Trinajstić information content (AvgIpc) is 3.15. The van der Waals surface area contributed by atoms with Crippen molar-refractivity contribution >= 4 is 17.3 Å². The summed E-state index contributed by atoms with van der Waals surface area (Å²) < 4.78 is 12.2. The summed E-state index contributed by atoms with van der Waals surface area (Å²) in [5.41, 5.74) is 6.31. The molecule has 0 unspecified atom stereocenters. The van der Waals surface area contributed by atoms with E-state index in [0.717, 1.165) is 59.3 Å². The standard InChI is InChI=1S/C21H22ClN3O2/c1-26-19-8-4-6-15-18-13-17(14-5-2-3-7-16(14)22)24-25(18)21(27-20(15)19)9-11-23-12-10-21/h2-8,13,18,23-24H,9-12H2,1H3/t18-/m0/s1. The molecule has 5 rings (SSSR count). The molecule has 27 heavy (non-hydrogen) atoms. The summed E-state index contributed by atoms with van der Waals surface area (Å²) in [7, 11) is 1.69. The minimum atomic E-state index is -0.420. The molecule has 1 fully saturated rings. The number of para-hydroxylation sites is 1. The van der Waals surface area contributed by atoms with Crippen LogP contribution >= 0.6 is 11.6 Å². The van der Waals surface area contributed by atoms with Gasteiger partial charge in [-0.1, -0.05) is 41.9 Å². The number of hydrogen-bond donors (Lipinski definition) is 2. The second-order valence-corrected chi connectivity index (χ2v) is 7.57. The molecule has 0 radical (unpaired) electrons. The Balaban J connectivity index is 1.64. The van der Waals surface area contributed by atoms with Crippen LogP contribution in [0.4, 0.5) is 0 Å². The summed E-state index contributed by atoms with van der Waals surface area (Å²) in [5, 5.41) is 6.43. The van der Waals surface area contributed by atoms with E-state index in [-0.39, 0.29) is 6.04 Å². The van der Waals surface area contributed by atoms with Gasteiger partial charge < -0.3 is 20.2 Å². The van der Waals surface area contributed by atoms with Gasteiger partial charge in [-0.05, 0) is 18.2 Å². The Morgan fingerprint density at radius 1 is 1.15 bits per heavy atom. The number of nitrogens with zero attached hydrogens (tertiary/aromatic N) is 1. The van der Waals surface area contributed by atoms with Crippen LogP contribution in [0.5, 0.6) is 11.5 Å². The third-order valence-corrected chi connectivity index (χ3v) is 6.00. The van der Waals surface area contributed by atoms with Gasteiger partial charge in [-0.2, -0.15) is 5.01 Å². The Bertz CT molecular complexity index is 908. The van der Waals surface area contributed by atoms with Gasteiger partial charge in [-0.3, -0.25) is 0 Å². The van der Waals surface area contributed by atoms with Crippen molar-refractivity contribution in [3.63, 3.8) is 0 Å². The van der Waals surface area contributed by atoms with Gasteiger partial charge in [0, 0.05) is 42.1 Å². The topological polar surface area (TPSA) is 45.8 Å². The number of nitrogens with one attached hydrogen (secondary N) is 2. The predicted octanol–water partition coefficient (Wildman–Crippen LogP) is 3.72. The summed E-state index contributed by atoms with van der Waals surface area (Å²) in [4.78, 5) is 0. The highest BCUT2D eigenvalue weighted by Crippen LogP contribution is 2.51. The lowest BCUT2D eigenvalue weighted by atomic mass is 9.93. The van der Waals surface area contributed by atoms with Gasteiger partial charge in [0.2, 0.25) is 0 Å². The fourth-order valence-electron chi connectivity index (χ4n) is 4.32. The van der Waals surface area contributed by atoms with Gasteiger partial charge in [0.25, 0.3) is 0 Å². The zero-order valence-electron chi connectivity index (χ0n) is 15.2. The largest absolute Gasteiger partial charge is 0.493 e. The summed E-state index contributed by atoms with van der Waals surface area (Å²) in [6.07, 6.45) is 4.01. The molecule has 0 saturated carbocycles. The molecule has 0 aliphatic carbocycles. The first-order chi connectivity index (χ1) is 13.2. The molecule has 6 heteroatoms. The Morgan fingerprint density at radius 2 is 1.96 bits per heavy atom. The van der Waals surface area contributed by atoms with Crippen LogP contribution in [0.3, 0.4) is 0 Å². The highest BCUT2D eigenvalue weighted by Gasteiger charge is 2.51. The van der Waals surface area contributed by atoms with Crippen LogP contribution in [0.2, 0.25) is 5.02 Å². The molecule has 140 valence electrons. The number of halogens is 1. The molecular formula is C21H22ClN3O2. The third kappa shape index (κ3) is 2.61. The van der Waals surface area contributed by atoms with Gasteiger partial charge in [-0.25, -0.2) is 0 Å². The second-order valence-electron chi connectivity index (χ2n) is 7.16. The molecule has 0 aromatic heterocycles. The molecule has 3 aliphatic heterocycles. The van der Waals surface area contributed by atoms with Gasteiger partial charge >= 0.3 is 0 Å². The van der Waals surface area contributed by atoms with E-state index in [1.807, 2.05) is 36.4 Å². The first-order valence-corrected chi connectivity index (χ1v) is 9.69. The van der Waals surface area contributed by atoms with E-state index in [2.05, 4.69) is 27.9 Å². The number of benzene rings is 2. The number of ether oxygens (including phenoxy) is 2. The molecular weight excluding hydrogens is 362 g/mol. The molecule has 1 saturated heterocycles. The zero-order chi connectivity index (χ0) is 18.4. The Hall–Kier alpha value is -2.21. The van der Waals surface area contributed by atoms with Crippen molar-refractivity contribution in [3.8, 4) is 11.5 Å². The van der Waals surface area contributed by atoms with E-state index in [0.29, 0.717) is 0 Å². The minimum absolute atomic E-state index is 0.0632. The number of hydrazine groups is 1. The van der Waals surface area contributed by atoms with E-state index in [1.54, 1.807) is 7.11 Å². The lowest BCUT2D eigenvalue weighted by Gasteiger charge is -2.50. The highest BCUT2D eigenvalue weighted by atomic mass is 35.5. The molecule has 2 N–H and O–H groups in total. The van der Waals surface area contributed by atoms with Crippen molar-refractivity contribution in [2.75, 3.05) is 20.2 Å². The van der Waals surface area contributed by atoms with E-state index in [4.69, 9.17) is 21.1 Å². The molecule has 0 bridgehead atoms. The van der Waals surface area contributed by atoms with Gasteiger partial charge in [0.1, 0.15) is 0 Å². The van der Waals surface area contributed by atoms with Crippen LogP contribution in [0, 0.1) is 0 Å².